The molecule has 25 heavy (non-hydrogen) atoms. The van der Waals surface area contributed by atoms with Crippen molar-refractivity contribution in [1.82, 2.24) is 9.97 Å². The molecule has 1 aliphatic carbocycles. The third-order valence-electron chi connectivity index (χ3n) is 3.60. The van der Waals surface area contributed by atoms with E-state index >= 15 is 0 Å². The molecule has 0 radical (unpaired) electrons. The molecule has 1 aliphatic rings. The number of benzene rings is 1. The maximum absolute atomic E-state index is 11.0. The van der Waals surface area contributed by atoms with Crippen molar-refractivity contribution in [2.24, 2.45) is 0 Å². The number of hydrogen-bond acceptors (Lipinski definition) is 8. The summed E-state index contributed by atoms with van der Waals surface area (Å²) in [6.07, 6.45) is 3.21. The van der Waals surface area contributed by atoms with Gasteiger partial charge in [0.1, 0.15) is 24.3 Å². The number of nitro groups is 1. The van der Waals surface area contributed by atoms with Gasteiger partial charge in [0.05, 0.1) is 18.6 Å². The van der Waals surface area contributed by atoms with Crippen molar-refractivity contribution in [2.45, 2.75) is 18.9 Å². The number of aromatic nitrogens is 2. The average molecular weight is 345 g/mol. The minimum absolute atomic E-state index is 0.119. The molecule has 3 rings (SSSR count). The summed E-state index contributed by atoms with van der Waals surface area (Å²) < 4.78 is 10.7. The largest absolute Gasteiger partial charge is 0.497 e. The molecule has 0 amide bonds. The van der Waals surface area contributed by atoms with Crippen LogP contribution in [-0.4, -0.2) is 41.2 Å². The van der Waals surface area contributed by atoms with Crippen molar-refractivity contribution in [2.75, 3.05) is 30.9 Å². The van der Waals surface area contributed by atoms with E-state index in [4.69, 9.17) is 9.47 Å². The summed E-state index contributed by atoms with van der Waals surface area (Å²) in [5.74, 6) is 2.07. The number of nitrogens with zero attached hydrogens (tertiary/aromatic N) is 3. The van der Waals surface area contributed by atoms with Crippen LogP contribution in [0.25, 0.3) is 0 Å². The van der Waals surface area contributed by atoms with Gasteiger partial charge in [0.15, 0.2) is 0 Å². The fraction of sp³-hybridized carbons (Fsp3) is 0.375. The molecule has 2 aromatic rings. The van der Waals surface area contributed by atoms with E-state index < -0.39 is 4.92 Å². The Morgan fingerprint density at radius 3 is 2.64 bits per heavy atom. The normalized spacial score (nSPS) is 13.2. The zero-order valence-corrected chi connectivity index (χ0v) is 13.8. The number of ether oxygens (including phenoxy) is 2. The quantitative estimate of drug-likeness (QED) is 0.405. The van der Waals surface area contributed by atoms with E-state index in [1.807, 2.05) is 24.3 Å². The molecule has 132 valence electrons. The van der Waals surface area contributed by atoms with Gasteiger partial charge >= 0.3 is 5.69 Å². The molecule has 9 heteroatoms. The lowest BCUT2D eigenvalue weighted by Gasteiger charge is -2.09. The zero-order chi connectivity index (χ0) is 17.6. The van der Waals surface area contributed by atoms with E-state index in [1.165, 1.54) is 6.20 Å². The Morgan fingerprint density at radius 2 is 2.00 bits per heavy atom. The Kier molecular flexibility index (Phi) is 5.12. The first-order chi connectivity index (χ1) is 12.2. The van der Waals surface area contributed by atoms with E-state index in [0.29, 0.717) is 19.1 Å². The molecule has 1 aromatic carbocycles. The molecule has 2 N–H and O–H groups in total. The summed E-state index contributed by atoms with van der Waals surface area (Å²) in [7, 11) is 1.61. The summed E-state index contributed by atoms with van der Waals surface area (Å²) in [5, 5.41) is 17.1. The van der Waals surface area contributed by atoms with Crippen molar-refractivity contribution >= 4 is 17.5 Å². The van der Waals surface area contributed by atoms with E-state index in [1.54, 1.807) is 7.11 Å². The monoisotopic (exact) mass is 345 g/mol. The van der Waals surface area contributed by atoms with E-state index in [0.717, 1.165) is 24.3 Å². The van der Waals surface area contributed by atoms with Gasteiger partial charge in [-0.1, -0.05) is 0 Å². The highest BCUT2D eigenvalue weighted by molar-refractivity contribution is 5.58. The molecule has 0 atom stereocenters. The van der Waals surface area contributed by atoms with Crippen LogP contribution in [0.15, 0.2) is 30.5 Å². The second-order valence-corrected chi connectivity index (χ2v) is 5.55. The van der Waals surface area contributed by atoms with Gasteiger partial charge < -0.3 is 20.1 Å². The Balaban J connectivity index is 1.52. The van der Waals surface area contributed by atoms with Gasteiger partial charge in [0.25, 0.3) is 0 Å². The van der Waals surface area contributed by atoms with Gasteiger partial charge in [-0.05, 0) is 37.1 Å². The van der Waals surface area contributed by atoms with Gasteiger partial charge in [-0.3, -0.25) is 10.1 Å². The highest BCUT2D eigenvalue weighted by Gasteiger charge is 2.26. The molecule has 0 aliphatic heterocycles. The van der Waals surface area contributed by atoms with E-state index in [9.17, 15) is 10.1 Å². The first-order valence-electron chi connectivity index (χ1n) is 7.94. The zero-order valence-electron chi connectivity index (χ0n) is 13.8. The highest BCUT2D eigenvalue weighted by Crippen LogP contribution is 2.29. The van der Waals surface area contributed by atoms with Crippen molar-refractivity contribution < 1.29 is 14.4 Å². The summed E-state index contributed by atoms with van der Waals surface area (Å²) in [4.78, 5) is 18.7. The molecule has 1 aromatic heterocycles. The van der Waals surface area contributed by atoms with Crippen LogP contribution in [0, 0.1) is 10.1 Å². The van der Waals surface area contributed by atoms with Crippen LogP contribution in [0.5, 0.6) is 11.5 Å². The molecule has 1 heterocycles. The van der Waals surface area contributed by atoms with Crippen LogP contribution in [0.3, 0.4) is 0 Å². The summed E-state index contributed by atoms with van der Waals surface area (Å²) in [5.41, 5.74) is -0.119. The average Bonchev–Trinajstić information content (AvgIpc) is 3.43. The third kappa shape index (κ3) is 4.69. The lowest BCUT2D eigenvalue weighted by Crippen LogP contribution is -2.15. The van der Waals surface area contributed by atoms with Crippen molar-refractivity contribution in [3.63, 3.8) is 0 Å². The van der Waals surface area contributed by atoms with Gasteiger partial charge in [0.2, 0.25) is 11.8 Å². The number of anilines is 2. The minimum atomic E-state index is -0.485. The Morgan fingerprint density at radius 1 is 1.28 bits per heavy atom. The number of methoxy groups -OCH3 is 1. The van der Waals surface area contributed by atoms with Gasteiger partial charge in [-0.2, -0.15) is 4.98 Å². The lowest BCUT2D eigenvalue weighted by molar-refractivity contribution is -0.384. The summed E-state index contributed by atoms with van der Waals surface area (Å²) in [6.45, 7) is 0.866. The Labute approximate surface area is 144 Å². The molecule has 9 nitrogen and oxygen atoms in total. The predicted octanol–water partition coefficient (Wildman–Crippen LogP) is 2.46. The molecule has 0 spiro atoms. The molecular weight excluding hydrogens is 326 g/mol. The SMILES string of the molecule is COc1ccc(OCCNc2ncc([N+](=O)[O-])c(NC3CC3)n2)cc1. The summed E-state index contributed by atoms with van der Waals surface area (Å²) >= 11 is 0. The topological polar surface area (TPSA) is 111 Å². The van der Waals surface area contributed by atoms with Gasteiger partial charge in [0, 0.05) is 6.04 Å². The van der Waals surface area contributed by atoms with Crippen LogP contribution in [0.2, 0.25) is 0 Å². The standard InChI is InChI=1S/C16H19N5O4/c1-24-12-4-6-13(7-5-12)25-9-8-17-16-18-10-14(21(22)23)15(20-16)19-11-2-3-11/h4-7,10-11H,2-3,8-9H2,1H3,(H2,17,18,19,20). The van der Waals surface area contributed by atoms with Gasteiger partial charge in [-0.25, -0.2) is 4.98 Å². The first kappa shape index (κ1) is 16.7. The summed E-state index contributed by atoms with van der Waals surface area (Å²) in [6, 6.07) is 7.54. The van der Waals surface area contributed by atoms with Crippen molar-refractivity contribution in [3.8, 4) is 11.5 Å². The fourth-order valence-corrected chi connectivity index (χ4v) is 2.13. The number of nitrogens with one attached hydrogen (secondary N) is 2. The number of hydrogen-bond donors (Lipinski definition) is 2. The first-order valence-corrected chi connectivity index (χ1v) is 7.94. The van der Waals surface area contributed by atoms with Crippen LogP contribution in [0.1, 0.15) is 12.8 Å². The maximum atomic E-state index is 11.0. The second-order valence-electron chi connectivity index (χ2n) is 5.55. The Bertz CT molecular complexity index is 734. The van der Waals surface area contributed by atoms with Crippen molar-refractivity contribution in [3.05, 3.63) is 40.6 Å². The Hall–Kier alpha value is -3.10. The molecular formula is C16H19N5O4. The van der Waals surface area contributed by atoms with E-state index in [2.05, 4.69) is 20.6 Å². The molecule has 0 bridgehead atoms. The van der Waals surface area contributed by atoms with Crippen molar-refractivity contribution in [1.29, 1.82) is 0 Å². The third-order valence-corrected chi connectivity index (χ3v) is 3.60. The van der Waals surface area contributed by atoms with E-state index in [-0.39, 0.29) is 17.5 Å². The second kappa shape index (κ2) is 7.65. The van der Waals surface area contributed by atoms with Crippen LogP contribution < -0.4 is 20.1 Å². The minimum Gasteiger partial charge on any atom is -0.497 e. The predicted molar refractivity (Wildman–Crippen MR) is 92.3 cm³/mol. The highest BCUT2D eigenvalue weighted by atomic mass is 16.6. The molecule has 0 unspecified atom stereocenters. The smallest absolute Gasteiger partial charge is 0.329 e. The van der Waals surface area contributed by atoms with Crippen LogP contribution in [0.4, 0.5) is 17.5 Å². The number of rotatable bonds is 9. The lowest BCUT2D eigenvalue weighted by atomic mass is 10.3. The van der Waals surface area contributed by atoms with Crippen LogP contribution >= 0.6 is 0 Å². The maximum Gasteiger partial charge on any atom is 0.329 e. The fourth-order valence-electron chi connectivity index (χ4n) is 2.13. The van der Waals surface area contributed by atoms with Crippen LogP contribution in [-0.2, 0) is 0 Å². The van der Waals surface area contributed by atoms with Gasteiger partial charge in [-0.15, -0.1) is 0 Å². The molecule has 0 saturated heterocycles. The molecule has 1 saturated carbocycles. The molecule has 1 fully saturated rings.